The van der Waals surface area contributed by atoms with Crippen LogP contribution in [0.25, 0.3) is 0 Å². The van der Waals surface area contributed by atoms with E-state index in [2.05, 4.69) is 5.32 Å². The molecule has 3 amide bonds. The average molecular weight is 460 g/mol. The molecule has 1 aliphatic carbocycles. The standard InChI is InChI=1S/C23H29N3O5S/c1-15-6-5-7-16(2)26(15)32(30,31)18-12-10-17(11-13-18)24-21(27)14-25-22(28)19-8-3-4-9-20(19)23(25)29/h3-4,10-13,15-16,19-20H,5-9,14H2,1-2H3,(H,24,27). The normalized spacial score (nSPS) is 28.6. The topological polar surface area (TPSA) is 104 Å². The SMILES string of the molecule is CC1CCCC(C)N1S(=O)(=O)c1ccc(NC(=O)CN2C(=O)C3CC=CCC3C2=O)cc1. The minimum Gasteiger partial charge on any atom is -0.325 e. The molecule has 2 saturated heterocycles. The summed E-state index contributed by atoms with van der Waals surface area (Å²) in [6, 6.07) is 5.90. The van der Waals surface area contributed by atoms with E-state index in [1.165, 1.54) is 24.3 Å². The van der Waals surface area contributed by atoms with Crippen LogP contribution in [0.3, 0.4) is 0 Å². The summed E-state index contributed by atoms with van der Waals surface area (Å²) in [6.07, 6.45) is 7.54. The summed E-state index contributed by atoms with van der Waals surface area (Å²) in [5.74, 6) is -1.84. The van der Waals surface area contributed by atoms with Gasteiger partial charge in [0.25, 0.3) is 0 Å². The molecular formula is C23H29N3O5S. The third-order valence-corrected chi connectivity index (χ3v) is 8.87. The van der Waals surface area contributed by atoms with Crippen molar-refractivity contribution in [2.45, 2.75) is 62.9 Å². The highest BCUT2D eigenvalue weighted by Crippen LogP contribution is 2.35. The number of piperidine rings is 1. The molecule has 2 aliphatic heterocycles. The van der Waals surface area contributed by atoms with Gasteiger partial charge >= 0.3 is 0 Å². The molecule has 8 nitrogen and oxygen atoms in total. The zero-order chi connectivity index (χ0) is 23.0. The maximum atomic E-state index is 13.1. The van der Waals surface area contributed by atoms with Crippen molar-refractivity contribution in [2.75, 3.05) is 11.9 Å². The van der Waals surface area contributed by atoms with Crippen LogP contribution in [0.1, 0.15) is 46.0 Å². The van der Waals surface area contributed by atoms with Crippen LogP contribution in [-0.2, 0) is 24.4 Å². The fourth-order valence-corrected chi connectivity index (χ4v) is 6.95. The summed E-state index contributed by atoms with van der Waals surface area (Å²) in [7, 11) is -3.63. The van der Waals surface area contributed by atoms with E-state index in [-0.39, 0.29) is 47.2 Å². The fourth-order valence-electron chi connectivity index (χ4n) is 5.07. The highest BCUT2D eigenvalue weighted by Gasteiger charge is 2.47. The predicted molar refractivity (Wildman–Crippen MR) is 119 cm³/mol. The van der Waals surface area contributed by atoms with E-state index in [1.807, 2.05) is 26.0 Å². The first-order valence-corrected chi connectivity index (χ1v) is 12.6. The van der Waals surface area contributed by atoms with Crippen LogP contribution in [0.2, 0.25) is 0 Å². The summed E-state index contributed by atoms with van der Waals surface area (Å²) in [6.45, 7) is 3.51. The van der Waals surface area contributed by atoms with Gasteiger partial charge in [-0.15, -0.1) is 0 Å². The fraction of sp³-hybridized carbons (Fsp3) is 0.522. The Bertz CT molecular complexity index is 1010. The number of rotatable bonds is 5. The Hall–Kier alpha value is -2.52. The first-order chi connectivity index (χ1) is 15.2. The summed E-state index contributed by atoms with van der Waals surface area (Å²) >= 11 is 0. The first kappa shape index (κ1) is 22.7. The van der Waals surface area contributed by atoms with Gasteiger partial charge in [0.05, 0.1) is 16.7 Å². The number of likely N-dealkylation sites (tertiary alicyclic amines) is 1. The molecule has 32 heavy (non-hydrogen) atoms. The van der Waals surface area contributed by atoms with E-state index in [9.17, 15) is 22.8 Å². The average Bonchev–Trinajstić information content (AvgIpc) is 2.99. The Morgan fingerprint density at radius 2 is 1.50 bits per heavy atom. The third kappa shape index (κ3) is 4.11. The van der Waals surface area contributed by atoms with E-state index < -0.39 is 15.9 Å². The number of nitrogens with one attached hydrogen (secondary N) is 1. The molecule has 4 rings (SSSR count). The van der Waals surface area contributed by atoms with Crippen molar-refractivity contribution in [1.82, 2.24) is 9.21 Å². The molecule has 9 heteroatoms. The maximum Gasteiger partial charge on any atom is 0.244 e. The zero-order valence-electron chi connectivity index (χ0n) is 18.4. The monoisotopic (exact) mass is 459 g/mol. The molecule has 3 aliphatic rings. The second-order valence-corrected chi connectivity index (χ2v) is 10.8. The van der Waals surface area contributed by atoms with Gasteiger partial charge in [-0.05, 0) is 63.8 Å². The predicted octanol–water partition coefficient (Wildman–Crippen LogP) is 2.53. The third-order valence-electron chi connectivity index (χ3n) is 6.73. The minimum absolute atomic E-state index is 0.0578. The van der Waals surface area contributed by atoms with Gasteiger partial charge in [0.1, 0.15) is 6.54 Å². The number of carbonyl (C=O) groups excluding carboxylic acids is 3. The summed E-state index contributed by atoms with van der Waals surface area (Å²) < 4.78 is 27.8. The Balaban J connectivity index is 1.41. The maximum absolute atomic E-state index is 13.1. The van der Waals surface area contributed by atoms with Gasteiger partial charge in [0.2, 0.25) is 27.7 Å². The number of amides is 3. The van der Waals surface area contributed by atoms with Crippen LogP contribution in [0.4, 0.5) is 5.69 Å². The highest BCUT2D eigenvalue weighted by molar-refractivity contribution is 7.89. The van der Waals surface area contributed by atoms with Crippen molar-refractivity contribution >= 4 is 33.4 Å². The van der Waals surface area contributed by atoms with Crippen molar-refractivity contribution in [3.63, 3.8) is 0 Å². The van der Waals surface area contributed by atoms with Gasteiger partial charge in [-0.1, -0.05) is 18.6 Å². The molecule has 1 N–H and O–H groups in total. The molecule has 0 spiro atoms. The summed E-state index contributed by atoms with van der Waals surface area (Å²) in [5, 5.41) is 2.66. The van der Waals surface area contributed by atoms with E-state index in [0.29, 0.717) is 18.5 Å². The smallest absolute Gasteiger partial charge is 0.244 e. The lowest BCUT2D eigenvalue weighted by Gasteiger charge is -2.37. The number of allylic oxidation sites excluding steroid dienone is 2. The van der Waals surface area contributed by atoms with E-state index in [4.69, 9.17) is 0 Å². The number of imide groups is 1. The largest absolute Gasteiger partial charge is 0.325 e. The summed E-state index contributed by atoms with van der Waals surface area (Å²) in [4.78, 5) is 38.7. The number of hydrogen-bond acceptors (Lipinski definition) is 5. The van der Waals surface area contributed by atoms with Crippen molar-refractivity contribution < 1.29 is 22.8 Å². The van der Waals surface area contributed by atoms with Crippen LogP contribution in [0.15, 0.2) is 41.3 Å². The van der Waals surface area contributed by atoms with Crippen LogP contribution < -0.4 is 5.32 Å². The van der Waals surface area contributed by atoms with Crippen molar-refractivity contribution in [3.8, 4) is 0 Å². The second kappa shape index (κ2) is 8.78. The molecule has 172 valence electrons. The molecular weight excluding hydrogens is 430 g/mol. The zero-order valence-corrected chi connectivity index (χ0v) is 19.2. The van der Waals surface area contributed by atoms with Gasteiger partial charge < -0.3 is 5.32 Å². The molecule has 0 bridgehead atoms. The van der Waals surface area contributed by atoms with Crippen molar-refractivity contribution in [3.05, 3.63) is 36.4 Å². The molecule has 1 aromatic rings. The number of hydrogen-bond donors (Lipinski definition) is 1. The molecule has 1 aromatic carbocycles. The molecule has 2 heterocycles. The molecule has 0 radical (unpaired) electrons. The van der Waals surface area contributed by atoms with E-state index >= 15 is 0 Å². The van der Waals surface area contributed by atoms with E-state index in [1.54, 1.807) is 4.31 Å². The molecule has 0 aromatic heterocycles. The number of fused-ring (bicyclic) bond motifs is 1. The first-order valence-electron chi connectivity index (χ1n) is 11.1. The molecule has 4 atom stereocenters. The Kier molecular flexibility index (Phi) is 6.22. The summed E-state index contributed by atoms with van der Waals surface area (Å²) in [5.41, 5.74) is 0.409. The van der Waals surface area contributed by atoms with Gasteiger partial charge in [0.15, 0.2) is 0 Å². The van der Waals surface area contributed by atoms with Crippen LogP contribution >= 0.6 is 0 Å². The van der Waals surface area contributed by atoms with Gasteiger partial charge in [-0.3, -0.25) is 19.3 Å². The number of carbonyl (C=O) groups is 3. The van der Waals surface area contributed by atoms with Gasteiger partial charge in [-0.25, -0.2) is 8.42 Å². The Morgan fingerprint density at radius 1 is 0.969 bits per heavy atom. The van der Waals surface area contributed by atoms with Crippen molar-refractivity contribution in [2.24, 2.45) is 11.8 Å². The van der Waals surface area contributed by atoms with Crippen LogP contribution in [0, 0.1) is 11.8 Å². The lowest BCUT2D eigenvalue weighted by molar-refractivity contribution is -0.142. The number of sulfonamides is 1. The minimum atomic E-state index is -3.63. The number of benzene rings is 1. The van der Waals surface area contributed by atoms with Crippen molar-refractivity contribution in [1.29, 1.82) is 0 Å². The Morgan fingerprint density at radius 3 is 2.03 bits per heavy atom. The molecule has 0 saturated carbocycles. The molecule has 4 unspecified atom stereocenters. The number of anilines is 1. The van der Waals surface area contributed by atoms with Gasteiger partial charge in [-0.2, -0.15) is 4.31 Å². The van der Waals surface area contributed by atoms with Crippen LogP contribution in [0.5, 0.6) is 0 Å². The number of nitrogens with zero attached hydrogens (tertiary/aromatic N) is 2. The van der Waals surface area contributed by atoms with Gasteiger partial charge in [0, 0.05) is 17.8 Å². The lowest BCUT2D eigenvalue weighted by Crippen LogP contribution is -2.47. The highest BCUT2D eigenvalue weighted by atomic mass is 32.2. The lowest BCUT2D eigenvalue weighted by atomic mass is 9.85. The van der Waals surface area contributed by atoms with E-state index in [0.717, 1.165) is 24.2 Å². The molecule has 2 fully saturated rings. The quantitative estimate of drug-likeness (QED) is 0.538. The Labute approximate surface area is 188 Å². The van der Waals surface area contributed by atoms with Crippen LogP contribution in [-0.4, -0.2) is 54.0 Å². The second-order valence-electron chi connectivity index (χ2n) is 8.95.